The SMILES string of the molecule is Cc1cccc2nc(C(C)Cl)n(CC3(C)CCCCC3)c12. The Morgan fingerprint density at radius 3 is 2.67 bits per heavy atom. The van der Waals surface area contributed by atoms with E-state index in [0.717, 1.165) is 17.9 Å². The van der Waals surface area contributed by atoms with E-state index in [1.165, 1.54) is 43.2 Å². The van der Waals surface area contributed by atoms with Crippen molar-refractivity contribution in [2.75, 3.05) is 0 Å². The lowest BCUT2D eigenvalue weighted by Gasteiger charge is -2.34. The molecule has 0 saturated heterocycles. The number of hydrogen-bond donors (Lipinski definition) is 0. The number of alkyl halides is 1. The normalized spacial score (nSPS) is 19.8. The molecule has 1 fully saturated rings. The average molecular weight is 305 g/mol. The fraction of sp³-hybridized carbons (Fsp3) is 0.611. The first-order valence-electron chi connectivity index (χ1n) is 8.10. The lowest BCUT2D eigenvalue weighted by Crippen LogP contribution is -2.27. The van der Waals surface area contributed by atoms with E-state index in [1.54, 1.807) is 0 Å². The maximum atomic E-state index is 6.41. The molecule has 0 radical (unpaired) electrons. The maximum Gasteiger partial charge on any atom is 0.127 e. The molecule has 1 unspecified atom stereocenters. The summed E-state index contributed by atoms with van der Waals surface area (Å²) >= 11 is 6.41. The monoisotopic (exact) mass is 304 g/mol. The molecule has 21 heavy (non-hydrogen) atoms. The topological polar surface area (TPSA) is 17.8 Å². The zero-order chi connectivity index (χ0) is 15.0. The van der Waals surface area contributed by atoms with E-state index < -0.39 is 0 Å². The van der Waals surface area contributed by atoms with Crippen LogP contribution in [0.25, 0.3) is 11.0 Å². The molecule has 0 N–H and O–H groups in total. The number of benzene rings is 1. The summed E-state index contributed by atoms with van der Waals surface area (Å²) in [4.78, 5) is 4.80. The lowest BCUT2D eigenvalue weighted by atomic mass is 9.75. The maximum absolute atomic E-state index is 6.41. The molecule has 0 aliphatic heterocycles. The third kappa shape index (κ3) is 2.83. The number of halogens is 1. The van der Waals surface area contributed by atoms with Crippen molar-refractivity contribution in [2.45, 2.75) is 64.8 Å². The molecule has 0 amide bonds. The second kappa shape index (κ2) is 5.64. The standard InChI is InChI=1S/C18H25ClN2/c1-13-8-7-9-15-16(13)21(17(20-15)14(2)19)12-18(3)10-5-4-6-11-18/h7-9,14H,4-6,10-12H2,1-3H3. The van der Waals surface area contributed by atoms with Crippen LogP contribution < -0.4 is 0 Å². The minimum Gasteiger partial charge on any atom is -0.326 e. The van der Waals surface area contributed by atoms with Crippen LogP contribution in [0.1, 0.15) is 62.7 Å². The van der Waals surface area contributed by atoms with Crippen LogP contribution in [0, 0.1) is 12.3 Å². The highest BCUT2D eigenvalue weighted by Crippen LogP contribution is 2.39. The number of hydrogen-bond acceptors (Lipinski definition) is 1. The molecule has 1 atom stereocenters. The molecule has 114 valence electrons. The first-order valence-corrected chi connectivity index (χ1v) is 8.54. The molecule has 2 nitrogen and oxygen atoms in total. The summed E-state index contributed by atoms with van der Waals surface area (Å²) in [7, 11) is 0. The molecule has 2 aromatic rings. The van der Waals surface area contributed by atoms with E-state index in [0.29, 0.717) is 5.41 Å². The van der Waals surface area contributed by atoms with Crippen molar-refractivity contribution < 1.29 is 0 Å². The Balaban J connectivity index is 2.08. The quantitative estimate of drug-likeness (QED) is 0.673. The Morgan fingerprint density at radius 1 is 1.29 bits per heavy atom. The fourth-order valence-corrected chi connectivity index (χ4v) is 3.96. The van der Waals surface area contributed by atoms with Crippen molar-refractivity contribution in [2.24, 2.45) is 5.41 Å². The van der Waals surface area contributed by atoms with Gasteiger partial charge in [0.1, 0.15) is 5.82 Å². The van der Waals surface area contributed by atoms with E-state index in [1.807, 2.05) is 6.92 Å². The van der Waals surface area contributed by atoms with Crippen LogP contribution in [-0.4, -0.2) is 9.55 Å². The van der Waals surface area contributed by atoms with Crippen molar-refractivity contribution in [3.8, 4) is 0 Å². The third-order valence-electron chi connectivity index (χ3n) is 4.95. The van der Waals surface area contributed by atoms with Crippen LogP contribution in [-0.2, 0) is 6.54 Å². The van der Waals surface area contributed by atoms with E-state index in [4.69, 9.17) is 16.6 Å². The predicted molar refractivity (Wildman–Crippen MR) is 89.9 cm³/mol. The van der Waals surface area contributed by atoms with Gasteiger partial charge in [-0.1, -0.05) is 38.3 Å². The summed E-state index contributed by atoms with van der Waals surface area (Å²) in [5, 5.41) is -0.0519. The van der Waals surface area contributed by atoms with Gasteiger partial charge in [0.25, 0.3) is 0 Å². The van der Waals surface area contributed by atoms with Crippen LogP contribution in [0.15, 0.2) is 18.2 Å². The summed E-state index contributed by atoms with van der Waals surface area (Å²) in [6.07, 6.45) is 6.73. The van der Waals surface area contributed by atoms with Gasteiger partial charge in [0, 0.05) is 6.54 Å². The number of nitrogens with zero attached hydrogens (tertiary/aromatic N) is 2. The number of rotatable bonds is 3. The van der Waals surface area contributed by atoms with Crippen LogP contribution in [0.3, 0.4) is 0 Å². The van der Waals surface area contributed by atoms with Crippen molar-refractivity contribution in [1.82, 2.24) is 9.55 Å². The fourth-order valence-electron chi connectivity index (χ4n) is 3.79. The average Bonchev–Trinajstić information content (AvgIpc) is 2.79. The van der Waals surface area contributed by atoms with Gasteiger partial charge >= 0.3 is 0 Å². The summed E-state index contributed by atoms with van der Waals surface area (Å²) in [5.41, 5.74) is 4.03. The molecule has 1 aromatic carbocycles. The van der Waals surface area contributed by atoms with Crippen LogP contribution in [0.2, 0.25) is 0 Å². The molecule has 1 aliphatic rings. The molecule has 1 saturated carbocycles. The predicted octanol–water partition coefficient (Wildman–Crippen LogP) is 5.61. The van der Waals surface area contributed by atoms with Crippen molar-refractivity contribution >= 4 is 22.6 Å². The molecule has 3 rings (SSSR count). The third-order valence-corrected chi connectivity index (χ3v) is 5.15. The molecule has 0 bridgehead atoms. The first kappa shape index (κ1) is 14.9. The Morgan fingerprint density at radius 2 is 2.00 bits per heavy atom. The summed E-state index contributed by atoms with van der Waals surface area (Å²) in [6.45, 7) is 7.67. The number of aromatic nitrogens is 2. The molecule has 1 aromatic heterocycles. The van der Waals surface area contributed by atoms with Crippen molar-refractivity contribution in [3.63, 3.8) is 0 Å². The van der Waals surface area contributed by atoms with E-state index in [9.17, 15) is 0 Å². The second-order valence-corrected chi connectivity index (χ2v) is 7.64. The van der Waals surface area contributed by atoms with Gasteiger partial charge in [-0.15, -0.1) is 11.6 Å². The highest BCUT2D eigenvalue weighted by Gasteiger charge is 2.29. The highest BCUT2D eigenvalue weighted by molar-refractivity contribution is 6.20. The Labute approximate surface area is 132 Å². The van der Waals surface area contributed by atoms with Crippen molar-refractivity contribution in [1.29, 1.82) is 0 Å². The van der Waals surface area contributed by atoms with Gasteiger partial charge < -0.3 is 4.57 Å². The van der Waals surface area contributed by atoms with Gasteiger partial charge in [0.2, 0.25) is 0 Å². The van der Waals surface area contributed by atoms with E-state index in [2.05, 4.69) is 36.6 Å². The summed E-state index contributed by atoms with van der Waals surface area (Å²) in [6, 6.07) is 6.36. The van der Waals surface area contributed by atoms with Gasteiger partial charge in [-0.25, -0.2) is 4.98 Å². The lowest BCUT2D eigenvalue weighted by molar-refractivity contribution is 0.183. The number of imidazole rings is 1. The smallest absolute Gasteiger partial charge is 0.127 e. The summed E-state index contributed by atoms with van der Waals surface area (Å²) in [5.74, 6) is 1.02. The van der Waals surface area contributed by atoms with Crippen LogP contribution in [0.4, 0.5) is 0 Å². The van der Waals surface area contributed by atoms with Crippen LogP contribution in [0.5, 0.6) is 0 Å². The minimum atomic E-state index is -0.0519. The summed E-state index contributed by atoms with van der Waals surface area (Å²) < 4.78 is 2.40. The Hall–Kier alpha value is -1.02. The van der Waals surface area contributed by atoms with Gasteiger partial charge in [-0.05, 0) is 43.7 Å². The van der Waals surface area contributed by atoms with Crippen molar-refractivity contribution in [3.05, 3.63) is 29.6 Å². The first-order chi connectivity index (χ1) is 10.0. The largest absolute Gasteiger partial charge is 0.326 e. The number of aryl methyl sites for hydroxylation is 1. The number of para-hydroxylation sites is 1. The zero-order valence-electron chi connectivity index (χ0n) is 13.3. The van der Waals surface area contributed by atoms with Gasteiger partial charge in [0.05, 0.1) is 16.4 Å². The van der Waals surface area contributed by atoms with Crippen LogP contribution >= 0.6 is 11.6 Å². The molecule has 1 heterocycles. The number of fused-ring (bicyclic) bond motifs is 1. The minimum absolute atomic E-state index is 0.0519. The molecular formula is C18H25ClN2. The molecule has 0 spiro atoms. The Kier molecular flexibility index (Phi) is 4.00. The molecular weight excluding hydrogens is 280 g/mol. The highest BCUT2D eigenvalue weighted by atomic mass is 35.5. The van der Waals surface area contributed by atoms with Gasteiger partial charge in [0.15, 0.2) is 0 Å². The van der Waals surface area contributed by atoms with E-state index in [-0.39, 0.29) is 5.38 Å². The second-order valence-electron chi connectivity index (χ2n) is 6.99. The molecule has 1 aliphatic carbocycles. The zero-order valence-corrected chi connectivity index (χ0v) is 14.1. The van der Waals surface area contributed by atoms with Gasteiger partial charge in [-0.2, -0.15) is 0 Å². The van der Waals surface area contributed by atoms with Gasteiger partial charge in [-0.3, -0.25) is 0 Å². The van der Waals surface area contributed by atoms with E-state index >= 15 is 0 Å². The Bertz CT molecular complexity index is 636. The molecule has 3 heteroatoms.